The molecule has 1 rings (SSSR count). The number of anilines is 1. The molecule has 1 aromatic rings. The first-order valence-electron chi connectivity index (χ1n) is 5.88. The summed E-state index contributed by atoms with van der Waals surface area (Å²) in [6.07, 6.45) is 1.05. The van der Waals surface area contributed by atoms with Crippen LogP contribution in [0.3, 0.4) is 0 Å². The number of hydrogen-bond acceptors (Lipinski definition) is 4. The van der Waals surface area contributed by atoms with Crippen molar-refractivity contribution in [1.29, 1.82) is 0 Å². The molecular formula is C12H17N3O4S. The summed E-state index contributed by atoms with van der Waals surface area (Å²) >= 11 is 0. The molecule has 0 aliphatic rings. The van der Waals surface area contributed by atoms with E-state index in [9.17, 15) is 18.0 Å². The number of ketones is 1. The van der Waals surface area contributed by atoms with E-state index in [-0.39, 0.29) is 18.9 Å². The first-order valence-corrected chi connectivity index (χ1v) is 7.77. The summed E-state index contributed by atoms with van der Waals surface area (Å²) in [4.78, 5) is 22.6. The number of rotatable bonds is 6. The van der Waals surface area contributed by atoms with Crippen LogP contribution < -0.4 is 15.4 Å². The van der Waals surface area contributed by atoms with E-state index in [4.69, 9.17) is 0 Å². The summed E-state index contributed by atoms with van der Waals surface area (Å²) in [5.74, 6) is -0.0483. The summed E-state index contributed by atoms with van der Waals surface area (Å²) in [7, 11) is -3.25. The Labute approximate surface area is 117 Å². The van der Waals surface area contributed by atoms with Crippen LogP contribution in [0.15, 0.2) is 24.3 Å². The molecule has 7 nitrogen and oxygen atoms in total. The van der Waals surface area contributed by atoms with Crippen LogP contribution in [0.2, 0.25) is 0 Å². The normalized spacial score (nSPS) is 10.9. The van der Waals surface area contributed by atoms with Crippen LogP contribution in [-0.4, -0.2) is 39.6 Å². The molecule has 0 bridgehead atoms. The van der Waals surface area contributed by atoms with Crippen LogP contribution in [0.5, 0.6) is 0 Å². The molecule has 0 radical (unpaired) electrons. The zero-order chi connectivity index (χ0) is 15.2. The lowest BCUT2D eigenvalue weighted by Crippen LogP contribution is -2.36. The highest BCUT2D eigenvalue weighted by atomic mass is 32.2. The number of carbonyl (C=O) groups excluding carboxylic acids is 2. The molecule has 0 atom stereocenters. The quantitative estimate of drug-likeness (QED) is 0.527. The number of hydrogen-bond donors (Lipinski definition) is 3. The predicted molar refractivity (Wildman–Crippen MR) is 76.3 cm³/mol. The van der Waals surface area contributed by atoms with Gasteiger partial charge >= 0.3 is 6.03 Å². The van der Waals surface area contributed by atoms with Gasteiger partial charge in [0.1, 0.15) is 0 Å². The molecule has 0 aliphatic heterocycles. The molecule has 3 N–H and O–H groups in total. The van der Waals surface area contributed by atoms with Gasteiger partial charge in [-0.05, 0) is 31.2 Å². The molecule has 1 aromatic carbocycles. The van der Waals surface area contributed by atoms with E-state index >= 15 is 0 Å². The SMILES string of the molecule is CC(=O)c1ccc(NC(=O)NCCNS(C)(=O)=O)cc1. The van der Waals surface area contributed by atoms with Crippen molar-refractivity contribution in [3.05, 3.63) is 29.8 Å². The van der Waals surface area contributed by atoms with Crippen molar-refractivity contribution in [2.75, 3.05) is 24.7 Å². The Bertz CT molecular complexity index is 581. The standard InChI is InChI=1S/C12H17N3O4S/c1-9(16)10-3-5-11(6-4-10)15-12(17)13-7-8-14-20(2,18)19/h3-6,14H,7-8H2,1-2H3,(H2,13,15,17). The van der Waals surface area contributed by atoms with Gasteiger partial charge < -0.3 is 10.6 Å². The Kier molecular flexibility index (Phi) is 5.66. The van der Waals surface area contributed by atoms with Gasteiger partial charge in [-0.15, -0.1) is 0 Å². The van der Waals surface area contributed by atoms with E-state index in [2.05, 4.69) is 15.4 Å². The Morgan fingerprint density at radius 3 is 2.20 bits per heavy atom. The summed E-state index contributed by atoms with van der Waals surface area (Å²) in [5.41, 5.74) is 1.11. The average molecular weight is 299 g/mol. The maximum absolute atomic E-state index is 11.5. The second kappa shape index (κ2) is 7.01. The van der Waals surface area contributed by atoms with Gasteiger partial charge in [-0.1, -0.05) is 0 Å². The summed E-state index contributed by atoms with van der Waals surface area (Å²) < 4.78 is 23.8. The van der Waals surface area contributed by atoms with Crippen LogP contribution in [0.4, 0.5) is 10.5 Å². The molecule has 0 saturated carbocycles. The maximum atomic E-state index is 11.5. The average Bonchev–Trinajstić information content (AvgIpc) is 2.34. The third-order valence-corrected chi connectivity index (χ3v) is 3.05. The fraction of sp³-hybridized carbons (Fsp3) is 0.333. The smallest absolute Gasteiger partial charge is 0.319 e. The van der Waals surface area contributed by atoms with Crippen molar-refractivity contribution in [3.8, 4) is 0 Å². The fourth-order valence-electron chi connectivity index (χ4n) is 1.38. The van der Waals surface area contributed by atoms with Crippen molar-refractivity contribution in [2.45, 2.75) is 6.92 Å². The van der Waals surface area contributed by atoms with Gasteiger partial charge in [0.15, 0.2) is 5.78 Å². The predicted octanol–water partition coefficient (Wildman–Crippen LogP) is 0.560. The molecule has 0 heterocycles. The Morgan fingerprint density at radius 1 is 1.10 bits per heavy atom. The van der Waals surface area contributed by atoms with Gasteiger partial charge in [0.05, 0.1) is 6.26 Å². The molecule has 0 saturated heterocycles. The number of carbonyl (C=O) groups is 2. The van der Waals surface area contributed by atoms with Crippen molar-refractivity contribution in [3.63, 3.8) is 0 Å². The third kappa shape index (κ3) is 6.30. The molecular weight excluding hydrogens is 282 g/mol. The first kappa shape index (κ1) is 16.1. The minimum absolute atomic E-state index is 0.0483. The van der Waals surface area contributed by atoms with E-state index in [0.29, 0.717) is 11.3 Å². The molecule has 2 amide bonds. The minimum Gasteiger partial charge on any atom is -0.337 e. The van der Waals surface area contributed by atoms with E-state index in [1.165, 1.54) is 6.92 Å². The van der Waals surface area contributed by atoms with Gasteiger partial charge in [0, 0.05) is 24.3 Å². The molecule has 0 fully saturated rings. The Hall–Kier alpha value is -1.93. The molecule has 0 aliphatic carbocycles. The van der Waals surface area contributed by atoms with E-state index in [0.717, 1.165) is 6.26 Å². The zero-order valence-corrected chi connectivity index (χ0v) is 12.1. The summed E-state index contributed by atoms with van der Waals surface area (Å²) in [6.45, 7) is 1.75. The van der Waals surface area contributed by atoms with Crippen LogP contribution in [-0.2, 0) is 10.0 Å². The highest BCUT2D eigenvalue weighted by molar-refractivity contribution is 7.88. The van der Waals surface area contributed by atoms with Gasteiger partial charge in [0.25, 0.3) is 0 Å². The van der Waals surface area contributed by atoms with Crippen molar-refractivity contribution < 1.29 is 18.0 Å². The minimum atomic E-state index is -3.25. The third-order valence-electron chi connectivity index (χ3n) is 2.32. The number of benzene rings is 1. The fourth-order valence-corrected chi connectivity index (χ4v) is 1.85. The number of Topliss-reactive ketones (excluding diaryl/α,β-unsaturated/α-hetero) is 1. The van der Waals surface area contributed by atoms with E-state index in [1.54, 1.807) is 24.3 Å². The van der Waals surface area contributed by atoms with Crippen molar-refractivity contribution >= 4 is 27.5 Å². The lowest BCUT2D eigenvalue weighted by Gasteiger charge is -2.08. The summed E-state index contributed by atoms with van der Waals surface area (Å²) in [6, 6.07) is 6.01. The largest absolute Gasteiger partial charge is 0.337 e. The van der Waals surface area contributed by atoms with Gasteiger partial charge in [-0.2, -0.15) is 0 Å². The molecule has 0 aromatic heterocycles. The first-order chi connectivity index (χ1) is 9.28. The van der Waals surface area contributed by atoms with Gasteiger partial charge in [-0.25, -0.2) is 17.9 Å². The number of nitrogens with one attached hydrogen (secondary N) is 3. The highest BCUT2D eigenvalue weighted by Crippen LogP contribution is 2.09. The zero-order valence-electron chi connectivity index (χ0n) is 11.3. The van der Waals surface area contributed by atoms with Crippen LogP contribution >= 0.6 is 0 Å². The number of amides is 2. The summed E-state index contributed by atoms with van der Waals surface area (Å²) in [5, 5.41) is 5.06. The number of sulfonamides is 1. The van der Waals surface area contributed by atoms with Gasteiger partial charge in [-0.3, -0.25) is 4.79 Å². The second-order valence-electron chi connectivity index (χ2n) is 4.18. The van der Waals surface area contributed by atoms with Crippen LogP contribution in [0, 0.1) is 0 Å². The monoisotopic (exact) mass is 299 g/mol. The second-order valence-corrected chi connectivity index (χ2v) is 6.01. The number of urea groups is 1. The molecule has 8 heteroatoms. The molecule has 110 valence electrons. The van der Waals surface area contributed by atoms with Gasteiger partial charge in [0.2, 0.25) is 10.0 Å². The van der Waals surface area contributed by atoms with Crippen LogP contribution in [0.25, 0.3) is 0 Å². The van der Waals surface area contributed by atoms with E-state index in [1.807, 2.05) is 0 Å². The maximum Gasteiger partial charge on any atom is 0.319 e. The lowest BCUT2D eigenvalue weighted by atomic mass is 10.1. The lowest BCUT2D eigenvalue weighted by molar-refractivity contribution is 0.101. The molecule has 20 heavy (non-hydrogen) atoms. The highest BCUT2D eigenvalue weighted by Gasteiger charge is 2.04. The van der Waals surface area contributed by atoms with Crippen molar-refractivity contribution in [1.82, 2.24) is 10.0 Å². The Morgan fingerprint density at radius 2 is 1.70 bits per heavy atom. The molecule has 0 unspecified atom stereocenters. The topological polar surface area (TPSA) is 104 Å². The van der Waals surface area contributed by atoms with E-state index < -0.39 is 16.1 Å². The van der Waals surface area contributed by atoms with Crippen molar-refractivity contribution in [2.24, 2.45) is 0 Å². The molecule has 0 spiro atoms. The Balaban J connectivity index is 2.37. The van der Waals surface area contributed by atoms with Crippen LogP contribution in [0.1, 0.15) is 17.3 Å².